The first-order valence-corrected chi connectivity index (χ1v) is 8.41. The molecule has 0 saturated heterocycles. The van der Waals surface area contributed by atoms with Gasteiger partial charge in [-0.3, -0.25) is 0 Å². The molecule has 1 aliphatic carbocycles. The Hall–Kier alpha value is -2.12. The minimum atomic E-state index is -0.0570. The molecule has 23 heavy (non-hydrogen) atoms. The van der Waals surface area contributed by atoms with Crippen LogP contribution in [0.15, 0.2) is 72.3 Å². The van der Waals surface area contributed by atoms with Gasteiger partial charge in [0.15, 0.2) is 0 Å². The molecule has 3 rings (SSSR count). The second kappa shape index (κ2) is 6.55. The SMILES string of the molecule is CC(C)C1=C/C(N)c2cc(-c3ccccc3)ccc2[C@@H](C)/C=C\1. The summed E-state index contributed by atoms with van der Waals surface area (Å²) < 4.78 is 0. The third-order valence-corrected chi connectivity index (χ3v) is 4.66. The molecule has 2 atom stereocenters. The zero-order chi connectivity index (χ0) is 16.4. The van der Waals surface area contributed by atoms with E-state index < -0.39 is 0 Å². The standard InChI is InChI=1S/C22H25N/c1-15(2)18-10-9-16(3)20-12-11-19(13-21(20)22(23)14-18)17-7-5-4-6-8-17/h4-16,22H,23H2,1-3H3/b10-9-,18-14+/t16-,22?/m0/s1. The molecule has 2 aromatic rings. The van der Waals surface area contributed by atoms with Crippen molar-refractivity contribution in [1.82, 2.24) is 0 Å². The molecule has 0 radical (unpaired) electrons. The van der Waals surface area contributed by atoms with Crippen molar-refractivity contribution in [1.29, 1.82) is 0 Å². The van der Waals surface area contributed by atoms with Crippen LogP contribution in [0.4, 0.5) is 0 Å². The zero-order valence-electron chi connectivity index (χ0n) is 14.2. The molecule has 0 aliphatic heterocycles. The molecule has 2 aromatic carbocycles. The summed E-state index contributed by atoms with van der Waals surface area (Å²) in [7, 11) is 0. The lowest BCUT2D eigenvalue weighted by molar-refractivity contribution is 0.755. The fourth-order valence-electron chi connectivity index (χ4n) is 3.18. The molecular weight excluding hydrogens is 278 g/mol. The van der Waals surface area contributed by atoms with Gasteiger partial charge in [-0.15, -0.1) is 0 Å². The maximum Gasteiger partial charge on any atom is 0.0490 e. The van der Waals surface area contributed by atoms with Crippen LogP contribution in [0.5, 0.6) is 0 Å². The van der Waals surface area contributed by atoms with E-state index >= 15 is 0 Å². The molecule has 2 N–H and O–H groups in total. The Morgan fingerprint density at radius 2 is 1.65 bits per heavy atom. The van der Waals surface area contributed by atoms with Crippen molar-refractivity contribution in [2.75, 3.05) is 0 Å². The van der Waals surface area contributed by atoms with Crippen LogP contribution in [0.2, 0.25) is 0 Å². The fraction of sp³-hybridized carbons (Fsp3) is 0.273. The van der Waals surface area contributed by atoms with Crippen molar-refractivity contribution >= 4 is 0 Å². The maximum atomic E-state index is 6.54. The first-order chi connectivity index (χ1) is 11.1. The van der Waals surface area contributed by atoms with Gasteiger partial charge in [0.2, 0.25) is 0 Å². The molecule has 0 spiro atoms. The molecule has 1 unspecified atom stereocenters. The molecule has 0 saturated carbocycles. The Morgan fingerprint density at radius 3 is 2.35 bits per heavy atom. The van der Waals surface area contributed by atoms with Gasteiger partial charge in [-0.2, -0.15) is 0 Å². The van der Waals surface area contributed by atoms with Crippen LogP contribution in [0, 0.1) is 5.92 Å². The topological polar surface area (TPSA) is 26.0 Å². The lowest BCUT2D eigenvalue weighted by atomic mass is 9.85. The third kappa shape index (κ3) is 3.30. The molecule has 0 bridgehead atoms. The van der Waals surface area contributed by atoms with E-state index in [1.807, 2.05) is 6.07 Å². The van der Waals surface area contributed by atoms with Gasteiger partial charge >= 0.3 is 0 Å². The number of hydrogen-bond acceptors (Lipinski definition) is 1. The van der Waals surface area contributed by atoms with Gasteiger partial charge in [0, 0.05) is 6.04 Å². The monoisotopic (exact) mass is 303 g/mol. The molecule has 0 amide bonds. The first kappa shape index (κ1) is 15.8. The smallest absolute Gasteiger partial charge is 0.0490 e. The summed E-state index contributed by atoms with van der Waals surface area (Å²) in [5.41, 5.74) is 12.9. The summed E-state index contributed by atoms with van der Waals surface area (Å²) >= 11 is 0. The average molecular weight is 303 g/mol. The Bertz CT molecular complexity index is 738. The van der Waals surface area contributed by atoms with Crippen LogP contribution in [-0.4, -0.2) is 0 Å². The number of allylic oxidation sites excluding steroid dienone is 3. The summed E-state index contributed by atoms with van der Waals surface area (Å²) in [4.78, 5) is 0. The van der Waals surface area contributed by atoms with Crippen molar-refractivity contribution in [3.8, 4) is 11.1 Å². The summed E-state index contributed by atoms with van der Waals surface area (Å²) in [5, 5.41) is 0. The van der Waals surface area contributed by atoms with Crippen LogP contribution >= 0.6 is 0 Å². The molecule has 118 valence electrons. The highest BCUT2D eigenvalue weighted by Crippen LogP contribution is 2.33. The van der Waals surface area contributed by atoms with Crippen LogP contribution in [0.1, 0.15) is 43.9 Å². The predicted molar refractivity (Wildman–Crippen MR) is 99.3 cm³/mol. The van der Waals surface area contributed by atoms with E-state index in [0.29, 0.717) is 11.8 Å². The predicted octanol–water partition coefficient (Wildman–Crippen LogP) is 5.61. The number of hydrogen-bond donors (Lipinski definition) is 1. The minimum Gasteiger partial charge on any atom is -0.321 e. The highest BCUT2D eigenvalue weighted by molar-refractivity contribution is 5.65. The van der Waals surface area contributed by atoms with E-state index in [4.69, 9.17) is 5.73 Å². The van der Waals surface area contributed by atoms with Crippen molar-refractivity contribution < 1.29 is 0 Å². The molecule has 0 fully saturated rings. The van der Waals surface area contributed by atoms with Gasteiger partial charge in [0.1, 0.15) is 0 Å². The minimum absolute atomic E-state index is 0.0570. The van der Waals surface area contributed by atoms with Gasteiger partial charge in [0.25, 0.3) is 0 Å². The first-order valence-electron chi connectivity index (χ1n) is 8.41. The highest BCUT2D eigenvalue weighted by atomic mass is 14.6. The lowest BCUT2D eigenvalue weighted by Gasteiger charge is -2.22. The maximum absolute atomic E-state index is 6.54. The van der Waals surface area contributed by atoms with Crippen molar-refractivity contribution in [2.24, 2.45) is 11.7 Å². The Kier molecular flexibility index (Phi) is 4.49. The normalized spacial score (nSPS) is 24.3. The zero-order valence-corrected chi connectivity index (χ0v) is 14.2. The summed E-state index contributed by atoms with van der Waals surface area (Å²) in [5.74, 6) is 0.867. The molecule has 1 heteroatoms. The second-order valence-electron chi connectivity index (χ2n) is 6.70. The largest absolute Gasteiger partial charge is 0.321 e. The van der Waals surface area contributed by atoms with Gasteiger partial charge in [-0.1, -0.05) is 81.5 Å². The van der Waals surface area contributed by atoms with E-state index in [9.17, 15) is 0 Å². The summed E-state index contributed by atoms with van der Waals surface area (Å²) in [6, 6.07) is 17.2. The molecule has 0 aromatic heterocycles. The van der Waals surface area contributed by atoms with Gasteiger partial charge in [-0.05, 0) is 45.7 Å². The van der Waals surface area contributed by atoms with E-state index in [2.05, 4.69) is 81.5 Å². The fourth-order valence-corrected chi connectivity index (χ4v) is 3.18. The summed E-state index contributed by atoms with van der Waals surface area (Å²) in [6.07, 6.45) is 6.74. The molecule has 0 heterocycles. The van der Waals surface area contributed by atoms with Gasteiger partial charge in [-0.25, -0.2) is 0 Å². The van der Waals surface area contributed by atoms with Crippen LogP contribution in [0.3, 0.4) is 0 Å². The van der Waals surface area contributed by atoms with E-state index in [0.717, 1.165) is 0 Å². The summed E-state index contributed by atoms with van der Waals surface area (Å²) in [6.45, 7) is 6.68. The van der Waals surface area contributed by atoms with Crippen LogP contribution in [-0.2, 0) is 0 Å². The Balaban J connectivity index is 2.10. The van der Waals surface area contributed by atoms with Crippen molar-refractivity contribution in [2.45, 2.75) is 32.7 Å². The van der Waals surface area contributed by atoms with Gasteiger partial charge in [0.05, 0.1) is 0 Å². The number of nitrogens with two attached hydrogens (primary N) is 1. The van der Waals surface area contributed by atoms with Crippen LogP contribution in [0.25, 0.3) is 11.1 Å². The van der Waals surface area contributed by atoms with E-state index in [1.54, 1.807) is 0 Å². The lowest BCUT2D eigenvalue weighted by Crippen LogP contribution is -2.14. The highest BCUT2D eigenvalue weighted by Gasteiger charge is 2.17. The van der Waals surface area contributed by atoms with Crippen molar-refractivity contribution in [3.63, 3.8) is 0 Å². The number of fused-ring (bicyclic) bond motifs is 1. The van der Waals surface area contributed by atoms with E-state index in [-0.39, 0.29) is 6.04 Å². The Morgan fingerprint density at radius 1 is 0.913 bits per heavy atom. The third-order valence-electron chi connectivity index (χ3n) is 4.66. The molecular formula is C22H25N. The quantitative estimate of drug-likeness (QED) is 0.766. The van der Waals surface area contributed by atoms with Gasteiger partial charge < -0.3 is 5.73 Å². The van der Waals surface area contributed by atoms with Crippen LogP contribution < -0.4 is 5.73 Å². The number of benzene rings is 2. The number of rotatable bonds is 2. The van der Waals surface area contributed by atoms with Crippen molar-refractivity contribution in [3.05, 3.63) is 83.5 Å². The van der Waals surface area contributed by atoms with E-state index in [1.165, 1.54) is 27.8 Å². The Labute approximate surface area is 139 Å². The second-order valence-corrected chi connectivity index (χ2v) is 6.70. The molecule has 1 aliphatic rings. The molecule has 1 nitrogen and oxygen atoms in total. The average Bonchev–Trinajstić information content (AvgIpc) is 2.57.